The Morgan fingerprint density at radius 2 is 1.94 bits per heavy atom. The number of benzene rings is 1. The number of morpholine rings is 1. The largest absolute Gasteiger partial charge is 0.379 e. The molecule has 0 spiro atoms. The Morgan fingerprint density at radius 1 is 1.15 bits per heavy atom. The molecular formula is C25H30N6O2. The van der Waals surface area contributed by atoms with Gasteiger partial charge < -0.3 is 15.4 Å². The van der Waals surface area contributed by atoms with Crippen molar-refractivity contribution >= 4 is 22.6 Å². The number of ether oxygens (including phenoxy) is 1. The summed E-state index contributed by atoms with van der Waals surface area (Å²) in [6, 6.07) is 10.2. The van der Waals surface area contributed by atoms with Crippen LogP contribution in [0.15, 0.2) is 42.7 Å². The molecular weight excluding hydrogens is 416 g/mol. The van der Waals surface area contributed by atoms with Gasteiger partial charge in [0.25, 0.3) is 5.91 Å². The van der Waals surface area contributed by atoms with Crippen LogP contribution < -0.4 is 10.6 Å². The lowest BCUT2D eigenvalue weighted by Crippen LogP contribution is -2.44. The molecule has 1 aromatic carbocycles. The number of aromatic nitrogens is 3. The lowest BCUT2D eigenvalue weighted by Gasteiger charge is -2.34. The summed E-state index contributed by atoms with van der Waals surface area (Å²) >= 11 is 0. The molecule has 2 N–H and O–H groups in total. The number of anilines is 1. The molecule has 3 aromatic rings. The van der Waals surface area contributed by atoms with Crippen molar-refractivity contribution in [2.45, 2.75) is 38.3 Å². The number of carbonyl (C=O) groups excluding carboxylic acids is 1. The van der Waals surface area contributed by atoms with Gasteiger partial charge in [-0.25, -0.2) is 15.0 Å². The van der Waals surface area contributed by atoms with E-state index in [9.17, 15) is 4.79 Å². The van der Waals surface area contributed by atoms with Gasteiger partial charge in [-0.2, -0.15) is 0 Å². The van der Waals surface area contributed by atoms with E-state index in [-0.39, 0.29) is 11.9 Å². The second kappa shape index (κ2) is 9.80. The van der Waals surface area contributed by atoms with E-state index in [1.807, 2.05) is 49.6 Å². The standard InChI is InChI=1S/C25H30N6O2/c1-2-23-26-14-17(15-27-23)22(31-10-12-33-13-11-31)16-28-25(32)20-4-3-5-21-19(20)8-9-24(30-21)29-18-6-7-18/h3-5,8-9,14-15,18,22H,2,6-7,10-13,16H2,1H3,(H,28,32)(H,29,30). The number of fused-ring (bicyclic) bond motifs is 1. The molecule has 1 saturated heterocycles. The van der Waals surface area contributed by atoms with E-state index in [0.717, 1.165) is 47.6 Å². The molecule has 3 heterocycles. The highest BCUT2D eigenvalue weighted by atomic mass is 16.5. The Balaban J connectivity index is 1.34. The second-order valence-electron chi connectivity index (χ2n) is 8.65. The van der Waals surface area contributed by atoms with Crippen molar-refractivity contribution in [1.82, 2.24) is 25.2 Å². The van der Waals surface area contributed by atoms with E-state index in [2.05, 4.69) is 25.5 Å². The van der Waals surface area contributed by atoms with E-state index in [4.69, 9.17) is 9.72 Å². The molecule has 1 aliphatic carbocycles. The minimum atomic E-state index is -0.102. The number of carbonyl (C=O) groups is 1. The molecule has 1 aliphatic heterocycles. The summed E-state index contributed by atoms with van der Waals surface area (Å²) in [6.45, 7) is 5.50. The molecule has 0 bridgehead atoms. The van der Waals surface area contributed by atoms with Gasteiger partial charge in [0.1, 0.15) is 11.6 Å². The average molecular weight is 447 g/mol. The Labute approximate surface area is 193 Å². The molecule has 1 atom stereocenters. The van der Waals surface area contributed by atoms with Crippen LogP contribution in [0, 0.1) is 0 Å². The molecule has 2 aromatic heterocycles. The van der Waals surface area contributed by atoms with Gasteiger partial charge in [-0.3, -0.25) is 9.69 Å². The van der Waals surface area contributed by atoms with Crippen LogP contribution in [-0.2, 0) is 11.2 Å². The molecule has 5 rings (SSSR count). The molecule has 33 heavy (non-hydrogen) atoms. The number of hydrogen-bond donors (Lipinski definition) is 2. The van der Waals surface area contributed by atoms with Crippen molar-refractivity contribution in [2.24, 2.45) is 0 Å². The Bertz CT molecular complexity index is 1110. The molecule has 2 fully saturated rings. The highest BCUT2D eigenvalue weighted by Gasteiger charge is 2.25. The maximum atomic E-state index is 13.2. The maximum Gasteiger partial charge on any atom is 0.252 e. The maximum absolute atomic E-state index is 13.2. The highest BCUT2D eigenvalue weighted by Crippen LogP contribution is 2.26. The molecule has 8 heteroatoms. The Morgan fingerprint density at radius 3 is 2.67 bits per heavy atom. The van der Waals surface area contributed by atoms with Crippen LogP contribution in [0.2, 0.25) is 0 Å². The summed E-state index contributed by atoms with van der Waals surface area (Å²) in [6.07, 6.45) is 6.95. The minimum absolute atomic E-state index is 0.00815. The van der Waals surface area contributed by atoms with Crippen LogP contribution >= 0.6 is 0 Å². The topological polar surface area (TPSA) is 92.3 Å². The number of nitrogens with zero attached hydrogens (tertiary/aromatic N) is 4. The lowest BCUT2D eigenvalue weighted by atomic mass is 10.1. The molecule has 2 aliphatic rings. The molecule has 0 radical (unpaired) electrons. The van der Waals surface area contributed by atoms with Crippen LogP contribution in [0.3, 0.4) is 0 Å². The molecule has 1 saturated carbocycles. The number of aryl methyl sites for hydroxylation is 1. The number of amides is 1. The van der Waals surface area contributed by atoms with E-state index >= 15 is 0 Å². The summed E-state index contributed by atoms with van der Waals surface area (Å²) in [5.74, 6) is 1.59. The Kier molecular flexibility index (Phi) is 6.46. The van der Waals surface area contributed by atoms with E-state index < -0.39 is 0 Å². The predicted octanol–water partition coefficient (Wildman–Crippen LogP) is 2.96. The van der Waals surface area contributed by atoms with Crippen molar-refractivity contribution in [3.05, 3.63) is 59.7 Å². The van der Waals surface area contributed by atoms with Gasteiger partial charge in [-0.05, 0) is 37.1 Å². The molecule has 8 nitrogen and oxygen atoms in total. The van der Waals surface area contributed by atoms with Crippen molar-refractivity contribution in [2.75, 3.05) is 38.2 Å². The third-order valence-corrected chi connectivity index (χ3v) is 6.27. The number of nitrogens with one attached hydrogen (secondary N) is 2. The third-order valence-electron chi connectivity index (χ3n) is 6.27. The molecule has 1 unspecified atom stereocenters. The van der Waals surface area contributed by atoms with Gasteiger partial charge in [-0.1, -0.05) is 13.0 Å². The SMILES string of the molecule is CCc1ncc(C(CNC(=O)c2cccc3nc(NC4CC4)ccc23)N2CCOCC2)cn1. The zero-order valence-corrected chi connectivity index (χ0v) is 19.0. The zero-order chi connectivity index (χ0) is 22.6. The fourth-order valence-electron chi connectivity index (χ4n) is 4.22. The van der Waals surface area contributed by atoms with E-state index in [0.29, 0.717) is 31.4 Å². The first kappa shape index (κ1) is 21.7. The van der Waals surface area contributed by atoms with Crippen LogP contribution in [0.25, 0.3) is 10.9 Å². The fraction of sp³-hybridized carbons (Fsp3) is 0.440. The van der Waals surface area contributed by atoms with Crippen LogP contribution in [0.5, 0.6) is 0 Å². The first-order chi connectivity index (χ1) is 16.2. The van der Waals surface area contributed by atoms with Gasteiger partial charge in [0.2, 0.25) is 0 Å². The summed E-state index contributed by atoms with van der Waals surface area (Å²) < 4.78 is 5.53. The van der Waals surface area contributed by atoms with Gasteiger partial charge in [-0.15, -0.1) is 0 Å². The molecule has 172 valence electrons. The van der Waals surface area contributed by atoms with Gasteiger partial charge in [0, 0.05) is 61.0 Å². The van der Waals surface area contributed by atoms with Crippen LogP contribution in [-0.4, -0.2) is 64.6 Å². The minimum Gasteiger partial charge on any atom is -0.379 e. The monoisotopic (exact) mass is 446 g/mol. The van der Waals surface area contributed by atoms with Gasteiger partial charge >= 0.3 is 0 Å². The number of pyridine rings is 1. The van der Waals surface area contributed by atoms with Gasteiger partial charge in [0.05, 0.1) is 24.8 Å². The first-order valence-electron chi connectivity index (χ1n) is 11.8. The van der Waals surface area contributed by atoms with Crippen molar-refractivity contribution in [3.8, 4) is 0 Å². The number of hydrogen-bond acceptors (Lipinski definition) is 7. The first-order valence-corrected chi connectivity index (χ1v) is 11.8. The second-order valence-corrected chi connectivity index (χ2v) is 8.65. The predicted molar refractivity (Wildman–Crippen MR) is 127 cm³/mol. The quantitative estimate of drug-likeness (QED) is 0.550. The average Bonchev–Trinajstić information content (AvgIpc) is 3.68. The van der Waals surface area contributed by atoms with Crippen molar-refractivity contribution in [1.29, 1.82) is 0 Å². The Hall–Kier alpha value is -3.10. The highest BCUT2D eigenvalue weighted by molar-refractivity contribution is 6.06. The van der Waals surface area contributed by atoms with E-state index in [1.165, 1.54) is 12.8 Å². The number of rotatable bonds is 8. The fourth-order valence-corrected chi connectivity index (χ4v) is 4.22. The van der Waals surface area contributed by atoms with E-state index in [1.54, 1.807) is 0 Å². The normalized spacial score (nSPS) is 17.6. The van der Waals surface area contributed by atoms with Crippen LogP contribution in [0.1, 0.15) is 47.6 Å². The van der Waals surface area contributed by atoms with Crippen molar-refractivity contribution in [3.63, 3.8) is 0 Å². The van der Waals surface area contributed by atoms with Crippen molar-refractivity contribution < 1.29 is 9.53 Å². The summed E-state index contributed by atoms with van der Waals surface area (Å²) in [7, 11) is 0. The van der Waals surface area contributed by atoms with Gasteiger partial charge in [0.15, 0.2) is 0 Å². The molecule has 1 amide bonds. The van der Waals surface area contributed by atoms with Crippen LogP contribution in [0.4, 0.5) is 5.82 Å². The third kappa shape index (κ3) is 5.12. The summed E-state index contributed by atoms with van der Waals surface area (Å²) in [4.78, 5) is 29.2. The lowest BCUT2D eigenvalue weighted by molar-refractivity contribution is 0.0161. The smallest absolute Gasteiger partial charge is 0.252 e. The summed E-state index contributed by atoms with van der Waals surface area (Å²) in [5, 5.41) is 7.43. The zero-order valence-electron chi connectivity index (χ0n) is 19.0. The summed E-state index contributed by atoms with van der Waals surface area (Å²) in [5.41, 5.74) is 2.46.